The molecule has 0 saturated heterocycles. The van der Waals surface area contributed by atoms with Gasteiger partial charge in [-0.25, -0.2) is 13.4 Å². The Hall–Kier alpha value is -3.11. The molecule has 180 valence electrons. The molecule has 1 aromatic heterocycles. The molecule has 0 unspecified atom stereocenters. The highest BCUT2D eigenvalue weighted by Gasteiger charge is 2.23. The molecule has 34 heavy (non-hydrogen) atoms. The number of phenols is 1. The molecule has 1 amide bonds. The Balaban J connectivity index is 1.58. The minimum atomic E-state index is -3.98. The topological polar surface area (TPSA) is 118 Å². The Morgan fingerprint density at radius 1 is 1.18 bits per heavy atom. The smallest absolute Gasteiger partial charge is 0.265 e. The Morgan fingerprint density at radius 3 is 2.56 bits per heavy atom. The fraction of sp³-hybridized carbons (Fsp3) is 0.333. The van der Waals surface area contributed by atoms with Crippen molar-refractivity contribution in [3.05, 3.63) is 48.2 Å². The largest absolute Gasteiger partial charge is 0.508 e. The van der Waals surface area contributed by atoms with Gasteiger partial charge in [0.15, 0.2) is 5.13 Å². The van der Waals surface area contributed by atoms with Crippen LogP contribution in [0.5, 0.6) is 11.5 Å². The lowest BCUT2D eigenvalue weighted by Gasteiger charge is -2.13. The van der Waals surface area contributed by atoms with E-state index < -0.39 is 10.0 Å². The van der Waals surface area contributed by atoms with Crippen molar-refractivity contribution in [2.75, 3.05) is 17.1 Å². The summed E-state index contributed by atoms with van der Waals surface area (Å²) in [6.07, 6.45) is 5.06. The first-order valence-electron chi connectivity index (χ1n) is 11.0. The van der Waals surface area contributed by atoms with E-state index in [1.165, 1.54) is 61.6 Å². The number of benzene rings is 2. The zero-order valence-electron chi connectivity index (χ0n) is 19.0. The molecule has 0 aliphatic heterocycles. The van der Waals surface area contributed by atoms with Crippen LogP contribution in [0, 0.1) is 12.8 Å². The van der Waals surface area contributed by atoms with Crippen LogP contribution in [0.15, 0.2) is 47.4 Å². The van der Waals surface area contributed by atoms with Crippen LogP contribution in [0.1, 0.15) is 37.8 Å². The summed E-state index contributed by atoms with van der Waals surface area (Å²) in [6.45, 7) is 1.82. The molecule has 0 radical (unpaired) electrons. The van der Waals surface area contributed by atoms with Crippen molar-refractivity contribution in [2.45, 2.75) is 43.9 Å². The first-order valence-corrected chi connectivity index (χ1v) is 13.3. The summed E-state index contributed by atoms with van der Waals surface area (Å²) in [5.41, 5.74) is 1.66. The molecule has 3 N–H and O–H groups in total. The van der Waals surface area contributed by atoms with Crippen LogP contribution in [0.3, 0.4) is 0 Å². The molecule has 0 bridgehead atoms. The van der Waals surface area contributed by atoms with E-state index in [4.69, 9.17) is 4.74 Å². The normalized spacial score (nSPS) is 14.2. The van der Waals surface area contributed by atoms with Gasteiger partial charge in [0.25, 0.3) is 10.0 Å². The Labute approximate surface area is 203 Å². The lowest BCUT2D eigenvalue weighted by Crippen LogP contribution is -2.14. The summed E-state index contributed by atoms with van der Waals surface area (Å²) in [4.78, 5) is 17.6. The zero-order valence-corrected chi connectivity index (χ0v) is 20.6. The van der Waals surface area contributed by atoms with E-state index >= 15 is 0 Å². The van der Waals surface area contributed by atoms with E-state index in [0.717, 1.165) is 17.7 Å². The number of nitrogens with zero attached hydrogens (tertiary/aromatic N) is 1. The molecule has 10 heteroatoms. The van der Waals surface area contributed by atoms with Crippen molar-refractivity contribution in [1.82, 2.24) is 4.98 Å². The van der Waals surface area contributed by atoms with Gasteiger partial charge in [-0.15, -0.1) is 0 Å². The number of sulfonamides is 1. The van der Waals surface area contributed by atoms with Crippen LogP contribution in [-0.4, -0.2) is 31.5 Å². The van der Waals surface area contributed by atoms with Gasteiger partial charge in [0, 0.05) is 12.1 Å². The molecule has 8 nitrogen and oxygen atoms in total. The number of anilines is 2. The van der Waals surface area contributed by atoms with Gasteiger partial charge in [0.1, 0.15) is 16.4 Å². The molecule has 0 spiro atoms. The number of carbonyl (C=O) groups is 1. The molecule has 1 aliphatic carbocycles. The number of hydrogen-bond acceptors (Lipinski definition) is 7. The standard InChI is InChI=1S/C24H27N3O5S2/c1-15-23(33-24(25-15)26-22(29)13-16-5-3-4-6-16)17-7-12-20(32-2)21(14-17)34(30,31)27-18-8-10-19(28)11-9-18/h7-12,14,16,27-28H,3-6,13H2,1-2H3,(H,25,26,29). The second-order valence-corrected chi connectivity index (χ2v) is 11.0. The van der Waals surface area contributed by atoms with Crippen LogP contribution in [0.2, 0.25) is 0 Å². The predicted octanol–water partition coefficient (Wildman–Crippen LogP) is 5.15. The van der Waals surface area contributed by atoms with E-state index in [9.17, 15) is 18.3 Å². The number of aromatic nitrogens is 1. The average molecular weight is 502 g/mol. The molecule has 0 atom stereocenters. The summed E-state index contributed by atoms with van der Waals surface area (Å²) in [5, 5.41) is 12.8. The number of aryl methyl sites for hydroxylation is 1. The fourth-order valence-electron chi connectivity index (χ4n) is 4.13. The van der Waals surface area contributed by atoms with Crippen molar-refractivity contribution in [2.24, 2.45) is 5.92 Å². The third kappa shape index (κ3) is 5.51. The monoisotopic (exact) mass is 501 g/mol. The quantitative estimate of drug-likeness (QED) is 0.367. The number of phenolic OH excluding ortho intramolecular Hbond substituents is 1. The number of carbonyl (C=O) groups excluding carboxylic acids is 1. The highest BCUT2D eigenvalue weighted by atomic mass is 32.2. The molecule has 1 fully saturated rings. The maximum atomic E-state index is 13.1. The van der Waals surface area contributed by atoms with Gasteiger partial charge in [0.05, 0.1) is 17.7 Å². The molecule has 1 saturated carbocycles. The van der Waals surface area contributed by atoms with Crippen molar-refractivity contribution in [1.29, 1.82) is 0 Å². The minimum absolute atomic E-state index is 0.0276. The van der Waals surface area contributed by atoms with Crippen LogP contribution < -0.4 is 14.8 Å². The van der Waals surface area contributed by atoms with Crippen molar-refractivity contribution in [3.63, 3.8) is 0 Å². The third-order valence-corrected chi connectivity index (χ3v) is 8.35. The van der Waals surface area contributed by atoms with Crippen molar-refractivity contribution < 1.29 is 23.1 Å². The molecule has 2 aromatic carbocycles. The Kier molecular flexibility index (Phi) is 7.08. The summed E-state index contributed by atoms with van der Waals surface area (Å²) in [7, 11) is -2.57. The first-order chi connectivity index (χ1) is 16.2. The molecule has 1 aliphatic rings. The number of hydrogen-bond donors (Lipinski definition) is 3. The number of amides is 1. The van der Waals surface area contributed by atoms with Crippen molar-refractivity contribution in [3.8, 4) is 21.9 Å². The number of aromatic hydroxyl groups is 1. The predicted molar refractivity (Wildman–Crippen MR) is 133 cm³/mol. The summed E-state index contributed by atoms with van der Waals surface area (Å²) in [6, 6.07) is 10.6. The van der Waals surface area contributed by atoms with E-state index in [1.807, 2.05) is 6.92 Å². The van der Waals surface area contributed by atoms with Gasteiger partial charge in [-0.05, 0) is 73.7 Å². The first kappa shape index (κ1) is 24.0. The average Bonchev–Trinajstić information content (AvgIpc) is 3.44. The summed E-state index contributed by atoms with van der Waals surface area (Å²) >= 11 is 1.31. The van der Waals surface area contributed by atoms with Crippen LogP contribution in [-0.2, 0) is 14.8 Å². The second kappa shape index (κ2) is 10.0. The SMILES string of the molecule is COc1ccc(-c2sc(NC(=O)CC3CCCC3)nc2C)cc1S(=O)(=O)Nc1ccc(O)cc1. The fourth-order valence-corrected chi connectivity index (χ4v) is 6.37. The molecule has 1 heterocycles. The van der Waals surface area contributed by atoms with Gasteiger partial charge in [-0.2, -0.15) is 0 Å². The van der Waals surface area contributed by atoms with Gasteiger partial charge >= 0.3 is 0 Å². The number of thiazole rings is 1. The van der Waals surface area contributed by atoms with Crippen LogP contribution in [0.25, 0.3) is 10.4 Å². The van der Waals surface area contributed by atoms with Gasteiger partial charge in [0.2, 0.25) is 5.91 Å². The number of methoxy groups -OCH3 is 1. The lowest BCUT2D eigenvalue weighted by molar-refractivity contribution is -0.117. The number of ether oxygens (including phenoxy) is 1. The van der Waals surface area contributed by atoms with E-state index in [0.29, 0.717) is 34.4 Å². The third-order valence-electron chi connectivity index (χ3n) is 5.83. The van der Waals surface area contributed by atoms with Crippen LogP contribution >= 0.6 is 11.3 Å². The Bertz CT molecular complexity index is 1280. The number of rotatable bonds is 8. The molecule has 3 aromatic rings. The highest BCUT2D eigenvalue weighted by Crippen LogP contribution is 2.37. The van der Waals surface area contributed by atoms with E-state index in [1.54, 1.807) is 12.1 Å². The number of nitrogens with one attached hydrogen (secondary N) is 2. The highest BCUT2D eigenvalue weighted by molar-refractivity contribution is 7.92. The van der Waals surface area contributed by atoms with Gasteiger partial charge in [-0.3, -0.25) is 9.52 Å². The van der Waals surface area contributed by atoms with Gasteiger partial charge < -0.3 is 15.2 Å². The maximum absolute atomic E-state index is 13.1. The summed E-state index contributed by atoms with van der Waals surface area (Å²) < 4.78 is 34.1. The second-order valence-electron chi connectivity index (χ2n) is 8.35. The maximum Gasteiger partial charge on any atom is 0.265 e. The molecular weight excluding hydrogens is 474 g/mol. The van der Waals surface area contributed by atoms with Gasteiger partial charge in [-0.1, -0.05) is 24.2 Å². The van der Waals surface area contributed by atoms with Crippen molar-refractivity contribution >= 4 is 38.1 Å². The zero-order chi connectivity index (χ0) is 24.3. The van der Waals surface area contributed by atoms with E-state index in [2.05, 4.69) is 15.0 Å². The van der Waals surface area contributed by atoms with E-state index in [-0.39, 0.29) is 22.3 Å². The molecular formula is C24H27N3O5S2. The lowest BCUT2D eigenvalue weighted by atomic mass is 10.0. The molecule has 4 rings (SSSR count). The Morgan fingerprint density at radius 2 is 1.88 bits per heavy atom. The van der Waals surface area contributed by atoms with Crippen LogP contribution in [0.4, 0.5) is 10.8 Å². The summed E-state index contributed by atoms with van der Waals surface area (Å²) in [5.74, 6) is 0.635. The minimum Gasteiger partial charge on any atom is -0.508 e.